The van der Waals surface area contributed by atoms with E-state index in [2.05, 4.69) is 10.2 Å². The fourth-order valence-electron chi connectivity index (χ4n) is 1.21. The Kier molecular flexibility index (Phi) is 2.17. The largest absolute Gasteiger partial charge is 0.376 e. The van der Waals surface area contributed by atoms with Crippen molar-refractivity contribution in [2.45, 2.75) is 13.0 Å². The van der Waals surface area contributed by atoms with E-state index >= 15 is 0 Å². The van der Waals surface area contributed by atoms with Crippen LogP contribution in [0.3, 0.4) is 0 Å². The number of aromatic nitrogens is 2. The molecule has 2 rings (SSSR count). The van der Waals surface area contributed by atoms with Gasteiger partial charge >= 0.3 is 0 Å². The number of ether oxygens (including phenoxy) is 1. The maximum atomic E-state index is 5.83. The lowest BCUT2D eigenvalue weighted by Crippen LogP contribution is -2.12. The Morgan fingerprint density at radius 3 is 2.42 bits per heavy atom. The lowest BCUT2D eigenvalue weighted by atomic mass is 10.1. The van der Waals surface area contributed by atoms with Crippen LogP contribution in [0.1, 0.15) is 11.1 Å². The van der Waals surface area contributed by atoms with Gasteiger partial charge in [0.05, 0.1) is 13.2 Å². The molecule has 64 valence electrons. The second kappa shape index (κ2) is 3.17. The molecule has 3 nitrogen and oxygen atoms in total. The molecule has 2 heterocycles. The highest BCUT2D eigenvalue weighted by atomic mass is 35.5. The Labute approximate surface area is 79.6 Å². The second-order valence-corrected chi connectivity index (χ2v) is 3.26. The Morgan fingerprint density at radius 1 is 1.08 bits per heavy atom. The van der Waals surface area contributed by atoms with Gasteiger partial charge in [-0.2, -0.15) is 0 Å². The number of rotatable bonds is 0. The van der Waals surface area contributed by atoms with Crippen molar-refractivity contribution in [3.05, 3.63) is 21.4 Å². The summed E-state index contributed by atoms with van der Waals surface area (Å²) in [7, 11) is 0. The van der Waals surface area contributed by atoms with Crippen LogP contribution in [0.25, 0.3) is 0 Å². The number of hydrogen-bond donors (Lipinski definition) is 0. The van der Waals surface area contributed by atoms with Gasteiger partial charge in [0.1, 0.15) is 0 Å². The van der Waals surface area contributed by atoms with E-state index in [1.807, 2.05) is 0 Å². The van der Waals surface area contributed by atoms with Crippen LogP contribution >= 0.6 is 23.2 Å². The van der Waals surface area contributed by atoms with Crippen molar-refractivity contribution in [1.82, 2.24) is 10.2 Å². The predicted octanol–water partition coefficient (Wildman–Crippen LogP) is 1.86. The van der Waals surface area contributed by atoms with Crippen LogP contribution in [-0.4, -0.2) is 16.8 Å². The normalized spacial score (nSPS) is 15.8. The molecule has 1 aliphatic heterocycles. The summed E-state index contributed by atoms with van der Waals surface area (Å²) in [5, 5.41) is 8.26. The summed E-state index contributed by atoms with van der Waals surface area (Å²) in [5.41, 5.74) is 1.85. The van der Waals surface area contributed by atoms with Crippen molar-refractivity contribution < 1.29 is 4.74 Å². The van der Waals surface area contributed by atoms with Gasteiger partial charge in [-0.15, -0.1) is 10.2 Å². The minimum absolute atomic E-state index is 0.397. The van der Waals surface area contributed by atoms with E-state index in [1.165, 1.54) is 0 Å². The molecule has 0 unspecified atom stereocenters. The second-order valence-electron chi connectivity index (χ2n) is 2.54. The Morgan fingerprint density at radius 2 is 1.75 bits per heavy atom. The highest BCUT2D eigenvalue weighted by molar-refractivity contribution is 6.32. The summed E-state index contributed by atoms with van der Waals surface area (Å²) in [4.78, 5) is 0. The monoisotopic (exact) mass is 204 g/mol. The molecule has 0 spiro atoms. The highest BCUT2D eigenvalue weighted by Crippen LogP contribution is 2.26. The number of halogens is 2. The fraction of sp³-hybridized carbons (Fsp3) is 0.429. The van der Waals surface area contributed by atoms with E-state index in [1.54, 1.807) is 0 Å². The van der Waals surface area contributed by atoms with Gasteiger partial charge in [-0.05, 0) is 6.42 Å². The summed E-state index contributed by atoms with van der Waals surface area (Å²) in [6.45, 7) is 1.16. The van der Waals surface area contributed by atoms with Gasteiger partial charge in [-0.1, -0.05) is 23.2 Å². The minimum Gasteiger partial charge on any atom is -0.376 e. The van der Waals surface area contributed by atoms with E-state index in [-0.39, 0.29) is 0 Å². The van der Waals surface area contributed by atoms with Crippen LogP contribution in [0.15, 0.2) is 0 Å². The molecule has 0 saturated heterocycles. The van der Waals surface area contributed by atoms with Gasteiger partial charge in [0.2, 0.25) is 0 Å². The Balaban J connectivity index is 2.57. The SMILES string of the molecule is Clc1nnc(Cl)c2c1CCOC2. The molecular weight excluding hydrogens is 199 g/mol. The smallest absolute Gasteiger partial charge is 0.157 e. The molecular formula is C7H6Cl2N2O. The van der Waals surface area contributed by atoms with Crippen LogP contribution < -0.4 is 0 Å². The molecule has 5 heteroatoms. The van der Waals surface area contributed by atoms with Crippen LogP contribution in [0.2, 0.25) is 10.3 Å². The molecule has 0 amide bonds. The van der Waals surface area contributed by atoms with Crippen LogP contribution in [0.4, 0.5) is 0 Å². The number of fused-ring (bicyclic) bond motifs is 1. The number of nitrogens with zero attached hydrogens (tertiary/aromatic N) is 2. The van der Waals surface area contributed by atoms with E-state index in [0.717, 1.165) is 17.5 Å². The molecule has 0 bridgehead atoms. The molecule has 0 aromatic carbocycles. The fourth-order valence-corrected chi connectivity index (χ4v) is 1.66. The summed E-state index contributed by atoms with van der Waals surface area (Å²) < 4.78 is 5.22. The van der Waals surface area contributed by atoms with Gasteiger partial charge in [0.15, 0.2) is 10.3 Å². The molecule has 0 atom stereocenters. The third-order valence-corrected chi connectivity index (χ3v) is 2.44. The highest BCUT2D eigenvalue weighted by Gasteiger charge is 2.17. The minimum atomic E-state index is 0.397. The van der Waals surface area contributed by atoms with Gasteiger partial charge in [0, 0.05) is 11.1 Å². The average Bonchev–Trinajstić information content (AvgIpc) is 2.12. The van der Waals surface area contributed by atoms with E-state index < -0.39 is 0 Å². The quantitative estimate of drug-likeness (QED) is 0.648. The standard InChI is InChI=1S/C7H6Cl2N2O/c8-6-4-1-2-12-3-5(4)7(9)11-10-6/h1-3H2. The summed E-state index contributed by atoms with van der Waals surface area (Å²) in [6.07, 6.45) is 0.767. The first-order valence-corrected chi connectivity index (χ1v) is 4.32. The first-order chi connectivity index (χ1) is 5.79. The summed E-state index contributed by atoms with van der Waals surface area (Å²) in [5.74, 6) is 0. The van der Waals surface area contributed by atoms with Crippen molar-refractivity contribution >= 4 is 23.2 Å². The van der Waals surface area contributed by atoms with Crippen molar-refractivity contribution in [2.75, 3.05) is 6.61 Å². The first kappa shape index (κ1) is 8.23. The molecule has 1 aromatic heterocycles. The zero-order valence-electron chi connectivity index (χ0n) is 6.18. The van der Waals surface area contributed by atoms with E-state index in [0.29, 0.717) is 23.5 Å². The maximum absolute atomic E-state index is 5.83. The molecule has 0 aliphatic carbocycles. The average molecular weight is 205 g/mol. The van der Waals surface area contributed by atoms with E-state index in [9.17, 15) is 0 Å². The van der Waals surface area contributed by atoms with Crippen molar-refractivity contribution in [3.8, 4) is 0 Å². The van der Waals surface area contributed by atoms with Gasteiger partial charge in [-0.25, -0.2) is 0 Å². The Hall–Kier alpha value is -0.380. The summed E-state index contributed by atoms with van der Waals surface area (Å²) >= 11 is 11.6. The number of hydrogen-bond acceptors (Lipinski definition) is 3. The maximum Gasteiger partial charge on any atom is 0.157 e. The molecule has 0 fully saturated rings. The van der Waals surface area contributed by atoms with E-state index in [4.69, 9.17) is 27.9 Å². The molecule has 0 N–H and O–H groups in total. The topological polar surface area (TPSA) is 35.0 Å². The van der Waals surface area contributed by atoms with Crippen LogP contribution in [0, 0.1) is 0 Å². The van der Waals surface area contributed by atoms with Gasteiger partial charge in [-0.3, -0.25) is 0 Å². The van der Waals surface area contributed by atoms with Crippen molar-refractivity contribution in [3.63, 3.8) is 0 Å². The van der Waals surface area contributed by atoms with Gasteiger partial charge in [0.25, 0.3) is 0 Å². The molecule has 0 radical (unpaired) electrons. The predicted molar refractivity (Wildman–Crippen MR) is 45.4 cm³/mol. The third kappa shape index (κ3) is 1.28. The lowest BCUT2D eigenvalue weighted by Gasteiger charge is -2.16. The third-order valence-electron chi connectivity index (χ3n) is 1.83. The zero-order chi connectivity index (χ0) is 8.55. The molecule has 12 heavy (non-hydrogen) atoms. The van der Waals surface area contributed by atoms with Crippen LogP contribution in [0.5, 0.6) is 0 Å². The Bertz CT molecular complexity index is 286. The molecule has 1 aromatic rings. The van der Waals surface area contributed by atoms with Crippen molar-refractivity contribution in [1.29, 1.82) is 0 Å². The van der Waals surface area contributed by atoms with Crippen molar-refractivity contribution in [2.24, 2.45) is 0 Å². The molecule has 0 saturated carbocycles. The first-order valence-electron chi connectivity index (χ1n) is 3.56. The van der Waals surface area contributed by atoms with Gasteiger partial charge < -0.3 is 4.74 Å². The lowest BCUT2D eigenvalue weighted by molar-refractivity contribution is 0.110. The summed E-state index contributed by atoms with van der Waals surface area (Å²) in [6, 6.07) is 0. The molecule has 1 aliphatic rings. The van der Waals surface area contributed by atoms with Crippen LogP contribution in [-0.2, 0) is 17.8 Å². The zero-order valence-corrected chi connectivity index (χ0v) is 7.69.